The van der Waals surface area contributed by atoms with E-state index in [9.17, 15) is 14.9 Å². The topological polar surface area (TPSA) is 98.3 Å². The SMILES string of the molecule is CCC(C(=O)O)n1cc([N+](=O)[O-])c(C)n1. The molecule has 0 aromatic carbocycles. The third kappa shape index (κ3) is 2.12. The van der Waals surface area contributed by atoms with Gasteiger partial charge >= 0.3 is 11.7 Å². The molecule has 0 aliphatic carbocycles. The molecule has 82 valence electrons. The summed E-state index contributed by atoms with van der Waals surface area (Å²) in [6.45, 7) is 3.16. The average Bonchev–Trinajstić information content (AvgIpc) is 2.48. The van der Waals surface area contributed by atoms with Gasteiger partial charge in [0, 0.05) is 0 Å². The fourth-order valence-electron chi connectivity index (χ4n) is 1.29. The van der Waals surface area contributed by atoms with E-state index < -0.39 is 16.9 Å². The highest BCUT2D eigenvalue weighted by molar-refractivity contribution is 5.71. The Bertz CT molecular complexity index is 399. The minimum Gasteiger partial charge on any atom is -0.480 e. The zero-order chi connectivity index (χ0) is 11.6. The molecule has 1 aromatic rings. The number of carboxylic acids is 1. The van der Waals surface area contributed by atoms with E-state index in [-0.39, 0.29) is 11.4 Å². The first kappa shape index (κ1) is 11.2. The van der Waals surface area contributed by atoms with Crippen molar-refractivity contribution in [2.24, 2.45) is 0 Å². The maximum absolute atomic E-state index is 10.8. The van der Waals surface area contributed by atoms with Crippen molar-refractivity contribution in [1.82, 2.24) is 9.78 Å². The van der Waals surface area contributed by atoms with E-state index in [1.165, 1.54) is 6.92 Å². The molecule has 0 saturated heterocycles. The van der Waals surface area contributed by atoms with Gasteiger partial charge < -0.3 is 5.11 Å². The zero-order valence-electron chi connectivity index (χ0n) is 8.38. The van der Waals surface area contributed by atoms with Gasteiger partial charge in [0.15, 0.2) is 0 Å². The highest BCUT2D eigenvalue weighted by Crippen LogP contribution is 2.19. The van der Waals surface area contributed by atoms with Crippen molar-refractivity contribution in [3.05, 3.63) is 22.0 Å². The van der Waals surface area contributed by atoms with Gasteiger partial charge in [0.1, 0.15) is 17.9 Å². The van der Waals surface area contributed by atoms with E-state index in [2.05, 4.69) is 5.10 Å². The highest BCUT2D eigenvalue weighted by atomic mass is 16.6. The highest BCUT2D eigenvalue weighted by Gasteiger charge is 2.23. The number of rotatable bonds is 4. The molecule has 0 spiro atoms. The van der Waals surface area contributed by atoms with E-state index in [4.69, 9.17) is 5.11 Å². The number of carbonyl (C=O) groups is 1. The minimum absolute atomic E-state index is 0.158. The first-order valence-electron chi connectivity index (χ1n) is 4.40. The summed E-state index contributed by atoms with van der Waals surface area (Å²) < 4.78 is 1.12. The van der Waals surface area contributed by atoms with E-state index >= 15 is 0 Å². The Labute approximate surface area is 85.5 Å². The molecule has 0 aliphatic rings. The molecule has 0 aliphatic heterocycles. The second kappa shape index (κ2) is 4.07. The number of hydrogen-bond acceptors (Lipinski definition) is 4. The molecule has 1 aromatic heterocycles. The smallest absolute Gasteiger partial charge is 0.328 e. The summed E-state index contributed by atoms with van der Waals surface area (Å²) in [6.07, 6.45) is 1.48. The van der Waals surface area contributed by atoms with Crippen LogP contribution in [0.15, 0.2) is 6.20 Å². The average molecular weight is 213 g/mol. The van der Waals surface area contributed by atoms with Gasteiger partial charge in [-0.25, -0.2) is 4.79 Å². The van der Waals surface area contributed by atoms with Gasteiger partial charge in [0.25, 0.3) is 0 Å². The number of hydrogen-bond donors (Lipinski definition) is 1. The van der Waals surface area contributed by atoms with Gasteiger partial charge in [0.2, 0.25) is 0 Å². The lowest BCUT2D eigenvalue weighted by Gasteiger charge is -2.08. The van der Waals surface area contributed by atoms with Crippen LogP contribution in [0.2, 0.25) is 0 Å². The van der Waals surface area contributed by atoms with Crippen LogP contribution in [-0.2, 0) is 4.79 Å². The number of nitro groups is 1. The molecule has 0 radical (unpaired) electrons. The van der Waals surface area contributed by atoms with Crippen LogP contribution in [0.4, 0.5) is 5.69 Å². The number of aromatic nitrogens is 2. The van der Waals surface area contributed by atoms with Crippen molar-refractivity contribution in [1.29, 1.82) is 0 Å². The van der Waals surface area contributed by atoms with Crippen LogP contribution < -0.4 is 0 Å². The molecule has 1 heterocycles. The summed E-state index contributed by atoms with van der Waals surface area (Å²) >= 11 is 0. The van der Waals surface area contributed by atoms with Crippen LogP contribution in [0, 0.1) is 17.0 Å². The largest absolute Gasteiger partial charge is 0.480 e. The molecule has 7 nitrogen and oxygen atoms in total. The molecule has 0 bridgehead atoms. The van der Waals surface area contributed by atoms with Gasteiger partial charge in [-0.2, -0.15) is 5.10 Å². The number of nitrogens with zero attached hydrogens (tertiary/aromatic N) is 3. The predicted molar refractivity (Wildman–Crippen MR) is 50.6 cm³/mol. The molecular formula is C8H11N3O4. The Hall–Kier alpha value is -1.92. The first-order valence-corrected chi connectivity index (χ1v) is 4.40. The van der Waals surface area contributed by atoms with Crippen molar-refractivity contribution in [3.63, 3.8) is 0 Å². The molecule has 1 unspecified atom stereocenters. The van der Waals surface area contributed by atoms with Crippen molar-refractivity contribution in [3.8, 4) is 0 Å². The predicted octanol–water partition coefficient (Wildman–Crippen LogP) is 1.14. The Balaban J connectivity index is 3.10. The summed E-state index contributed by atoms with van der Waals surface area (Å²) in [5.41, 5.74) is 0.0643. The van der Waals surface area contributed by atoms with E-state index in [1.807, 2.05) is 0 Å². The minimum atomic E-state index is -1.05. The number of aryl methyl sites for hydroxylation is 1. The summed E-state index contributed by atoms with van der Waals surface area (Å²) in [4.78, 5) is 20.7. The summed E-state index contributed by atoms with van der Waals surface area (Å²) in [5.74, 6) is -1.05. The quantitative estimate of drug-likeness (QED) is 0.597. The molecule has 15 heavy (non-hydrogen) atoms. The van der Waals surface area contributed by atoms with Gasteiger partial charge in [-0.1, -0.05) is 6.92 Å². The van der Waals surface area contributed by atoms with Crippen LogP contribution in [0.1, 0.15) is 25.1 Å². The van der Waals surface area contributed by atoms with Crippen LogP contribution in [0.3, 0.4) is 0 Å². The molecular weight excluding hydrogens is 202 g/mol. The third-order valence-corrected chi connectivity index (χ3v) is 2.08. The van der Waals surface area contributed by atoms with Crippen LogP contribution in [0.5, 0.6) is 0 Å². The molecule has 7 heteroatoms. The fourth-order valence-corrected chi connectivity index (χ4v) is 1.29. The van der Waals surface area contributed by atoms with Crippen molar-refractivity contribution < 1.29 is 14.8 Å². The van der Waals surface area contributed by atoms with Crippen LogP contribution >= 0.6 is 0 Å². The number of aliphatic carboxylic acids is 1. The summed E-state index contributed by atoms with van der Waals surface area (Å²) in [7, 11) is 0. The monoisotopic (exact) mass is 213 g/mol. The van der Waals surface area contributed by atoms with E-state index in [0.29, 0.717) is 6.42 Å². The van der Waals surface area contributed by atoms with E-state index in [0.717, 1.165) is 10.9 Å². The summed E-state index contributed by atoms with van der Waals surface area (Å²) in [6, 6.07) is -0.850. The molecule has 0 saturated carbocycles. The molecule has 1 atom stereocenters. The lowest BCUT2D eigenvalue weighted by molar-refractivity contribution is -0.385. The van der Waals surface area contributed by atoms with Gasteiger partial charge in [-0.3, -0.25) is 14.8 Å². The second-order valence-corrected chi connectivity index (χ2v) is 3.10. The van der Waals surface area contributed by atoms with Gasteiger partial charge in [-0.15, -0.1) is 0 Å². The Kier molecular flexibility index (Phi) is 3.03. The van der Waals surface area contributed by atoms with Crippen molar-refractivity contribution in [2.75, 3.05) is 0 Å². The fraction of sp³-hybridized carbons (Fsp3) is 0.500. The number of carboxylic acid groups (broad SMARTS) is 1. The third-order valence-electron chi connectivity index (χ3n) is 2.08. The van der Waals surface area contributed by atoms with Crippen molar-refractivity contribution in [2.45, 2.75) is 26.3 Å². The lowest BCUT2D eigenvalue weighted by atomic mass is 10.2. The Morgan fingerprint density at radius 1 is 1.80 bits per heavy atom. The normalized spacial score (nSPS) is 12.4. The first-order chi connectivity index (χ1) is 6.97. The van der Waals surface area contributed by atoms with E-state index in [1.54, 1.807) is 6.92 Å². The molecule has 0 fully saturated rings. The molecule has 1 rings (SSSR count). The van der Waals surface area contributed by atoms with Crippen molar-refractivity contribution >= 4 is 11.7 Å². The standard InChI is InChI=1S/C8H11N3O4/c1-3-6(8(12)13)10-4-7(11(14)15)5(2)9-10/h4,6H,3H2,1-2H3,(H,12,13). The Morgan fingerprint density at radius 2 is 2.40 bits per heavy atom. The molecule has 1 N–H and O–H groups in total. The van der Waals surface area contributed by atoms with Crippen LogP contribution in [-0.4, -0.2) is 25.8 Å². The molecule has 0 amide bonds. The van der Waals surface area contributed by atoms with Gasteiger partial charge in [0.05, 0.1) is 4.92 Å². The zero-order valence-corrected chi connectivity index (χ0v) is 8.38. The lowest BCUT2D eigenvalue weighted by Crippen LogP contribution is -2.18. The Morgan fingerprint density at radius 3 is 2.73 bits per heavy atom. The maximum atomic E-state index is 10.8. The van der Waals surface area contributed by atoms with Crippen LogP contribution in [0.25, 0.3) is 0 Å². The maximum Gasteiger partial charge on any atom is 0.328 e. The summed E-state index contributed by atoms with van der Waals surface area (Å²) in [5, 5.41) is 23.2. The van der Waals surface area contributed by atoms with Gasteiger partial charge in [-0.05, 0) is 13.3 Å². The second-order valence-electron chi connectivity index (χ2n) is 3.10.